The highest BCUT2D eigenvalue weighted by atomic mass is 19.3. The van der Waals surface area contributed by atoms with E-state index in [9.17, 15) is 8.78 Å². The highest BCUT2D eigenvalue weighted by Crippen LogP contribution is 2.03. The maximum absolute atomic E-state index is 11.9. The van der Waals surface area contributed by atoms with Crippen molar-refractivity contribution < 1.29 is 8.78 Å². The third kappa shape index (κ3) is 2.27. The van der Waals surface area contributed by atoms with E-state index in [1.807, 2.05) is 0 Å². The van der Waals surface area contributed by atoms with Gasteiger partial charge in [-0.05, 0) is 7.05 Å². The Bertz CT molecular complexity index is 234. The van der Waals surface area contributed by atoms with Crippen molar-refractivity contribution in [1.29, 1.82) is 0 Å². The van der Waals surface area contributed by atoms with Gasteiger partial charge >= 0.3 is 0 Å². The second-order valence-electron chi connectivity index (χ2n) is 2.46. The lowest BCUT2D eigenvalue weighted by atomic mass is 10.4. The van der Waals surface area contributed by atoms with Crippen LogP contribution in [-0.2, 0) is 13.1 Å². The average Bonchev–Trinajstić information content (AvgIpc) is 2.37. The van der Waals surface area contributed by atoms with Gasteiger partial charge < -0.3 is 9.88 Å². The molecule has 1 N–H and O–H groups in total. The Morgan fingerprint density at radius 2 is 2.42 bits per heavy atom. The number of imidazole rings is 1. The SMILES string of the molecule is CNCc1cncn1CC(F)F. The van der Waals surface area contributed by atoms with Gasteiger partial charge in [-0.15, -0.1) is 0 Å². The molecule has 0 spiro atoms. The molecule has 0 saturated heterocycles. The molecule has 12 heavy (non-hydrogen) atoms. The van der Waals surface area contributed by atoms with Crippen LogP contribution in [0, 0.1) is 0 Å². The lowest BCUT2D eigenvalue weighted by molar-refractivity contribution is 0.125. The highest BCUT2D eigenvalue weighted by molar-refractivity contribution is 4.97. The monoisotopic (exact) mass is 175 g/mol. The van der Waals surface area contributed by atoms with E-state index in [0.717, 1.165) is 5.69 Å². The summed E-state index contributed by atoms with van der Waals surface area (Å²) in [5, 5.41) is 2.88. The standard InChI is InChI=1S/C7H11F2N3/c1-10-2-6-3-11-5-12(6)4-7(8)9/h3,5,7,10H,2,4H2,1H3. The van der Waals surface area contributed by atoms with Crippen LogP contribution in [0.1, 0.15) is 5.69 Å². The van der Waals surface area contributed by atoms with Crippen molar-refractivity contribution in [2.45, 2.75) is 19.5 Å². The van der Waals surface area contributed by atoms with Gasteiger partial charge in [0.05, 0.1) is 18.6 Å². The fraction of sp³-hybridized carbons (Fsp3) is 0.571. The van der Waals surface area contributed by atoms with E-state index >= 15 is 0 Å². The van der Waals surface area contributed by atoms with Crippen LogP contribution in [0.3, 0.4) is 0 Å². The summed E-state index contributed by atoms with van der Waals surface area (Å²) < 4.78 is 25.3. The Balaban J connectivity index is 2.63. The van der Waals surface area contributed by atoms with Crippen molar-refractivity contribution in [3.63, 3.8) is 0 Å². The predicted octanol–water partition coefficient (Wildman–Crippen LogP) is 0.868. The number of hydrogen-bond acceptors (Lipinski definition) is 2. The first-order valence-corrected chi connectivity index (χ1v) is 3.65. The molecule has 0 radical (unpaired) electrons. The van der Waals surface area contributed by atoms with Gasteiger partial charge in [0.25, 0.3) is 6.43 Å². The molecule has 0 fully saturated rings. The lowest BCUT2D eigenvalue weighted by Crippen LogP contribution is -2.13. The zero-order chi connectivity index (χ0) is 8.97. The van der Waals surface area contributed by atoms with Crippen molar-refractivity contribution >= 4 is 0 Å². The third-order valence-electron chi connectivity index (χ3n) is 1.49. The van der Waals surface area contributed by atoms with Crippen LogP contribution in [-0.4, -0.2) is 23.0 Å². The minimum atomic E-state index is -2.32. The molecule has 0 atom stereocenters. The van der Waals surface area contributed by atoms with Crippen LogP contribution in [0.5, 0.6) is 0 Å². The summed E-state index contributed by atoms with van der Waals surface area (Å²) in [6, 6.07) is 0. The quantitative estimate of drug-likeness (QED) is 0.735. The zero-order valence-electron chi connectivity index (χ0n) is 6.80. The molecular formula is C7H11F2N3. The summed E-state index contributed by atoms with van der Waals surface area (Å²) in [6.07, 6.45) is 0.673. The van der Waals surface area contributed by atoms with Crippen molar-refractivity contribution in [3.8, 4) is 0 Å². The van der Waals surface area contributed by atoms with E-state index in [2.05, 4.69) is 10.3 Å². The fourth-order valence-corrected chi connectivity index (χ4v) is 0.990. The molecule has 0 bridgehead atoms. The second-order valence-corrected chi connectivity index (χ2v) is 2.46. The minimum absolute atomic E-state index is 0.281. The molecule has 3 nitrogen and oxygen atoms in total. The molecule has 0 unspecified atom stereocenters. The zero-order valence-corrected chi connectivity index (χ0v) is 6.80. The maximum atomic E-state index is 11.9. The molecular weight excluding hydrogens is 164 g/mol. The maximum Gasteiger partial charge on any atom is 0.256 e. The number of hydrogen-bond donors (Lipinski definition) is 1. The van der Waals surface area contributed by atoms with E-state index in [4.69, 9.17) is 0 Å². The third-order valence-corrected chi connectivity index (χ3v) is 1.49. The summed E-state index contributed by atoms with van der Waals surface area (Å²) in [7, 11) is 1.76. The van der Waals surface area contributed by atoms with Gasteiger partial charge in [0, 0.05) is 12.7 Å². The average molecular weight is 175 g/mol. The molecule has 5 heteroatoms. The molecule has 1 aromatic rings. The fourth-order valence-electron chi connectivity index (χ4n) is 0.990. The first kappa shape index (κ1) is 9.12. The molecule has 0 saturated carbocycles. The van der Waals surface area contributed by atoms with Gasteiger partial charge in [0.15, 0.2) is 0 Å². The molecule has 1 heterocycles. The van der Waals surface area contributed by atoms with Gasteiger partial charge in [0.2, 0.25) is 0 Å². The molecule has 1 aromatic heterocycles. The summed E-state index contributed by atoms with van der Waals surface area (Å²) in [5.74, 6) is 0. The van der Waals surface area contributed by atoms with Crippen LogP contribution in [0.4, 0.5) is 8.78 Å². The molecule has 0 aliphatic rings. The van der Waals surface area contributed by atoms with E-state index in [0.29, 0.717) is 6.54 Å². The van der Waals surface area contributed by atoms with E-state index < -0.39 is 6.43 Å². The molecule has 0 amide bonds. The van der Waals surface area contributed by atoms with Gasteiger partial charge in [-0.3, -0.25) is 0 Å². The largest absolute Gasteiger partial charge is 0.328 e. The topological polar surface area (TPSA) is 29.9 Å². The Kier molecular flexibility index (Phi) is 3.16. The molecule has 1 rings (SSSR count). The summed E-state index contributed by atoms with van der Waals surface area (Å²) >= 11 is 0. The van der Waals surface area contributed by atoms with Crippen LogP contribution in [0.2, 0.25) is 0 Å². The number of nitrogens with one attached hydrogen (secondary N) is 1. The van der Waals surface area contributed by atoms with Crippen molar-refractivity contribution in [3.05, 3.63) is 18.2 Å². The Labute approximate surface area is 69.4 Å². The highest BCUT2D eigenvalue weighted by Gasteiger charge is 2.06. The van der Waals surface area contributed by atoms with Crippen LogP contribution in [0.25, 0.3) is 0 Å². The Hall–Kier alpha value is -0.970. The second kappa shape index (κ2) is 4.15. The summed E-state index contributed by atoms with van der Waals surface area (Å²) in [6.45, 7) is 0.281. The number of aromatic nitrogens is 2. The smallest absolute Gasteiger partial charge is 0.256 e. The van der Waals surface area contributed by atoms with Crippen molar-refractivity contribution in [1.82, 2.24) is 14.9 Å². The summed E-state index contributed by atoms with van der Waals surface area (Å²) in [4.78, 5) is 3.78. The van der Waals surface area contributed by atoms with E-state index in [-0.39, 0.29) is 6.54 Å². The van der Waals surface area contributed by atoms with Gasteiger partial charge in [0.1, 0.15) is 0 Å². The molecule has 0 aromatic carbocycles. The number of alkyl halides is 2. The van der Waals surface area contributed by atoms with Crippen LogP contribution in [0.15, 0.2) is 12.5 Å². The van der Waals surface area contributed by atoms with Gasteiger partial charge in [-0.25, -0.2) is 13.8 Å². The molecule has 0 aliphatic carbocycles. The van der Waals surface area contributed by atoms with E-state index in [1.54, 1.807) is 13.2 Å². The Morgan fingerprint density at radius 1 is 1.67 bits per heavy atom. The van der Waals surface area contributed by atoms with Crippen LogP contribution >= 0.6 is 0 Å². The number of nitrogens with zero attached hydrogens (tertiary/aromatic N) is 2. The Morgan fingerprint density at radius 3 is 3.00 bits per heavy atom. The van der Waals surface area contributed by atoms with Gasteiger partial charge in [-0.1, -0.05) is 0 Å². The number of rotatable bonds is 4. The summed E-state index contributed by atoms with van der Waals surface area (Å²) in [5.41, 5.74) is 0.776. The normalized spacial score (nSPS) is 11.0. The van der Waals surface area contributed by atoms with Gasteiger partial charge in [-0.2, -0.15) is 0 Å². The predicted molar refractivity (Wildman–Crippen MR) is 41.0 cm³/mol. The molecule has 0 aliphatic heterocycles. The van der Waals surface area contributed by atoms with E-state index in [1.165, 1.54) is 10.9 Å². The minimum Gasteiger partial charge on any atom is -0.328 e. The van der Waals surface area contributed by atoms with Crippen molar-refractivity contribution in [2.75, 3.05) is 7.05 Å². The molecule has 68 valence electrons. The first-order chi connectivity index (χ1) is 5.74. The lowest BCUT2D eigenvalue weighted by Gasteiger charge is -2.05. The van der Waals surface area contributed by atoms with Crippen LogP contribution < -0.4 is 5.32 Å². The number of halogens is 2. The first-order valence-electron chi connectivity index (χ1n) is 3.65. The van der Waals surface area contributed by atoms with Crippen molar-refractivity contribution in [2.24, 2.45) is 0 Å².